The second kappa shape index (κ2) is 8.27. The minimum Gasteiger partial charge on any atom is -0.482 e. The van der Waals surface area contributed by atoms with E-state index in [1.54, 1.807) is 61.6 Å². The number of nitrogens with zero attached hydrogens (tertiary/aromatic N) is 1. The first kappa shape index (κ1) is 20.5. The Kier molecular flexibility index (Phi) is 5.14. The van der Waals surface area contributed by atoms with Crippen molar-refractivity contribution in [1.82, 2.24) is 0 Å². The molecule has 0 unspecified atom stereocenters. The highest BCUT2D eigenvalue weighted by Gasteiger charge is 2.24. The van der Waals surface area contributed by atoms with Crippen molar-refractivity contribution in [3.05, 3.63) is 88.6 Å². The number of carbonyl (C=O) groups excluding carboxylic acids is 2. The predicted octanol–water partition coefficient (Wildman–Crippen LogP) is 4.08. The molecule has 7 heteroatoms. The molecule has 33 heavy (non-hydrogen) atoms. The highest BCUT2D eigenvalue weighted by molar-refractivity contribution is 6.02. The Labute approximate surface area is 188 Å². The lowest BCUT2D eigenvalue weighted by Crippen LogP contribution is -2.35. The standard InChI is InChI=1S/C26H19NO6/c1-27-19-13-17(11-12-22(19)31-15-23(27)29)20(28)14-32-26-24(30)18-9-5-6-10-21(18)33-25(26)16-7-3-2-4-8-16/h2-13H,14-15H2,1H3. The number of carbonyl (C=O) groups is 2. The molecule has 0 bridgehead atoms. The summed E-state index contributed by atoms with van der Waals surface area (Å²) in [5.41, 5.74) is 1.58. The SMILES string of the molecule is CN1C(=O)COc2ccc(C(=O)COc3c(-c4ccccc4)oc4ccccc4c3=O)cc21. The van der Waals surface area contributed by atoms with Gasteiger partial charge in [-0.3, -0.25) is 14.4 Å². The molecule has 0 spiro atoms. The molecule has 1 amide bonds. The topological polar surface area (TPSA) is 86.1 Å². The quantitative estimate of drug-likeness (QED) is 0.434. The van der Waals surface area contributed by atoms with E-state index in [0.29, 0.717) is 33.5 Å². The number of rotatable bonds is 5. The number of hydrogen-bond donors (Lipinski definition) is 0. The van der Waals surface area contributed by atoms with Crippen molar-refractivity contribution in [2.24, 2.45) is 0 Å². The Morgan fingerprint density at radius 2 is 1.76 bits per heavy atom. The number of amides is 1. The van der Waals surface area contributed by atoms with Gasteiger partial charge in [0.25, 0.3) is 5.91 Å². The average Bonchev–Trinajstić information content (AvgIpc) is 2.86. The third kappa shape index (κ3) is 3.74. The van der Waals surface area contributed by atoms with Crippen LogP contribution >= 0.6 is 0 Å². The van der Waals surface area contributed by atoms with E-state index in [4.69, 9.17) is 13.9 Å². The average molecular weight is 441 g/mol. The molecule has 0 fully saturated rings. The molecule has 0 N–H and O–H groups in total. The van der Waals surface area contributed by atoms with Crippen molar-refractivity contribution in [3.8, 4) is 22.8 Å². The van der Waals surface area contributed by atoms with E-state index in [2.05, 4.69) is 0 Å². The smallest absolute Gasteiger partial charge is 0.264 e. The minimum atomic E-state index is -0.375. The summed E-state index contributed by atoms with van der Waals surface area (Å²) in [4.78, 5) is 39.5. The van der Waals surface area contributed by atoms with Gasteiger partial charge in [0.15, 0.2) is 24.8 Å². The van der Waals surface area contributed by atoms with E-state index in [-0.39, 0.29) is 41.8 Å². The summed E-state index contributed by atoms with van der Waals surface area (Å²) in [5.74, 6) is 0.203. The molecule has 1 aromatic heterocycles. The lowest BCUT2D eigenvalue weighted by molar-refractivity contribution is -0.120. The van der Waals surface area contributed by atoms with Gasteiger partial charge in [-0.1, -0.05) is 42.5 Å². The number of fused-ring (bicyclic) bond motifs is 2. The van der Waals surface area contributed by atoms with Crippen LogP contribution in [-0.2, 0) is 4.79 Å². The molecule has 3 aromatic carbocycles. The largest absolute Gasteiger partial charge is 0.482 e. The monoisotopic (exact) mass is 441 g/mol. The van der Waals surface area contributed by atoms with Crippen molar-refractivity contribution in [3.63, 3.8) is 0 Å². The van der Waals surface area contributed by atoms with Crippen molar-refractivity contribution < 1.29 is 23.5 Å². The van der Waals surface area contributed by atoms with Crippen LogP contribution in [0.5, 0.6) is 11.5 Å². The highest BCUT2D eigenvalue weighted by atomic mass is 16.5. The zero-order valence-electron chi connectivity index (χ0n) is 17.7. The molecule has 5 rings (SSSR count). The fourth-order valence-electron chi connectivity index (χ4n) is 3.70. The summed E-state index contributed by atoms with van der Waals surface area (Å²) in [6, 6.07) is 20.8. The second-order valence-electron chi connectivity index (χ2n) is 7.59. The first-order valence-corrected chi connectivity index (χ1v) is 10.3. The van der Waals surface area contributed by atoms with E-state index in [1.165, 1.54) is 4.90 Å². The number of anilines is 1. The fourth-order valence-corrected chi connectivity index (χ4v) is 3.70. The molecule has 1 aliphatic rings. The number of hydrogen-bond acceptors (Lipinski definition) is 6. The summed E-state index contributed by atoms with van der Waals surface area (Å²) in [5, 5.41) is 0.366. The van der Waals surface area contributed by atoms with Gasteiger partial charge in [0.2, 0.25) is 11.2 Å². The molecule has 1 aliphatic heterocycles. The van der Waals surface area contributed by atoms with Crippen LogP contribution < -0.4 is 19.8 Å². The third-order valence-electron chi connectivity index (χ3n) is 5.51. The number of ketones is 1. The third-order valence-corrected chi connectivity index (χ3v) is 5.51. The second-order valence-corrected chi connectivity index (χ2v) is 7.59. The zero-order chi connectivity index (χ0) is 22.9. The van der Waals surface area contributed by atoms with Crippen molar-refractivity contribution in [2.75, 3.05) is 25.2 Å². The summed E-state index contributed by atoms with van der Waals surface area (Å²) in [6.07, 6.45) is 0. The Morgan fingerprint density at radius 1 is 1.00 bits per heavy atom. The van der Waals surface area contributed by atoms with Crippen LogP contribution in [0.1, 0.15) is 10.4 Å². The van der Waals surface area contributed by atoms with Crippen LogP contribution in [0.25, 0.3) is 22.3 Å². The molecule has 0 saturated carbocycles. The van der Waals surface area contributed by atoms with Gasteiger partial charge in [0.05, 0.1) is 11.1 Å². The number of benzene rings is 3. The number of likely N-dealkylation sites (N-methyl/N-ethyl adjacent to an activating group) is 1. The lowest BCUT2D eigenvalue weighted by atomic mass is 10.1. The van der Waals surface area contributed by atoms with E-state index in [9.17, 15) is 14.4 Å². The van der Waals surface area contributed by atoms with Crippen LogP contribution in [0.4, 0.5) is 5.69 Å². The van der Waals surface area contributed by atoms with Gasteiger partial charge in [-0.25, -0.2) is 0 Å². The van der Waals surface area contributed by atoms with E-state index in [1.807, 2.05) is 18.2 Å². The number of ether oxygens (including phenoxy) is 2. The van der Waals surface area contributed by atoms with Crippen LogP contribution in [0.15, 0.2) is 82.0 Å². The van der Waals surface area contributed by atoms with Gasteiger partial charge in [0.1, 0.15) is 11.3 Å². The molecule has 0 aliphatic carbocycles. The predicted molar refractivity (Wildman–Crippen MR) is 123 cm³/mol. The Hall–Kier alpha value is -4.39. The molecule has 4 aromatic rings. The van der Waals surface area contributed by atoms with Gasteiger partial charge < -0.3 is 18.8 Å². The van der Waals surface area contributed by atoms with Gasteiger partial charge >= 0.3 is 0 Å². The molecular weight excluding hydrogens is 422 g/mol. The van der Waals surface area contributed by atoms with Crippen molar-refractivity contribution in [2.45, 2.75) is 0 Å². The zero-order valence-corrected chi connectivity index (χ0v) is 17.7. The summed E-state index contributed by atoms with van der Waals surface area (Å²) in [6.45, 7) is -0.417. The molecule has 0 saturated heterocycles. The van der Waals surface area contributed by atoms with Gasteiger partial charge in [-0.2, -0.15) is 0 Å². The first-order chi connectivity index (χ1) is 16.0. The van der Waals surface area contributed by atoms with Crippen molar-refractivity contribution >= 4 is 28.3 Å². The maximum Gasteiger partial charge on any atom is 0.264 e. The molecule has 2 heterocycles. The molecule has 7 nitrogen and oxygen atoms in total. The summed E-state index contributed by atoms with van der Waals surface area (Å²) >= 11 is 0. The van der Waals surface area contributed by atoms with Gasteiger partial charge in [0, 0.05) is 18.2 Å². The van der Waals surface area contributed by atoms with Crippen molar-refractivity contribution in [1.29, 1.82) is 0 Å². The molecular formula is C26H19NO6. The lowest BCUT2D eigenvalue weighted by Gasteiger charge is -2.26. The van der Waals surface area contributed by atoms with Gasteiger partial charge in [-0.15, -0.1) is 0 Å². The van der Waals surface area contributed by atoms with E-state index in [0.717, 1.165) is 0 Å². The highest BCUT2D eigenvalue weighted by Crippen LogP contribution is 2.33. The van der Waals surface area contributed by atoms with Gasteiger partial charge in [-0.05, 0) is 30.3 Å². The molecule has 0 radical (unpaired) electrons. The summed E-state index contributed by atoms with van der Waals surface area (Å²) in [7, 11) is 1.63. The number of para-hydroxylation sites is 1. The first-order valence-electron chi connectivity index (χ1n) is 10.3. The van der Waals surface area contributed by atoms with Crippen LogP contribution in [0, 0.1) is 0 Å². The maximum atomic E-state index is 13.2. The molecule has 164 valence electrons. The van der Waals surface area contributed by atoms with E-state index < -0.39 is 0 Å². The Bertz CT molecular complexity index is 1440. The Balaban J connectivity index is 1.49. The van der Waals surface area contributed by atoms with Crippen LogP contribution in [-0.4, -0.2) is 32.0 Å². The maximum absolute atomic E-state index is 13.2. The minimum absolute atomic E-state index is 0.0261. The Morgan fingerprint density at radius 3 is 2.58 bits per heavy atom. The van der Waals surface area contributed by atoms with Crippen LogP contribution in [0.3, 0.4) is 0 Å². The normalized spacial score (nSPS) is 12.9. The summed E-state index contributed by atoms with van der Waals surface area (Å²) < 4.78 is 17.2. The number of Topliss-reactive ketones (excluding diaryl/α,β-unsaturated/α-hetero) is 1. The van der Waals surface area contributed by atoms with Crippen LogP contribution in [0.2, 0.25) is 0 Å². The fraction of sp³-hybridized carbons (Fsp3) is 0.115. The van der Waals surface area contributed by atoms with E-state index >= 15 is 0 Å². The molecule has 0 atom stereocenters.